The number of ether oxygens (including phenoxy) is 2. The Balaban J connectivity index is 2.65. The fraction of sp³-hybridized carbons (Fsp3) is 0.538. The van der Waals surface area contributed by atoms with Crippen molar-refractivity contribution in [1.82, 2.24) is 0 Å². The van der Waals surface area contributed by atoms with Crippen LogP contribution in [-0.2, 0) is 19.5 Å². The third-order valence-electron chi connectivity index (χ3n) is 2.83. The maximum Gasteiger partial charge on any atom is 0.238 e. The van der Waals surface area contributed by atoms with Crippen molar-refractivity contribution in [3.63, 3.8) is 0 Å². The Morgan fingerprint density at radius 1 is 1.24 bits per heavy atom. The van der Waals surface area contributed by atoms with Crippen LogP contribution in [0.4, 0.5) is 0 Å². The minimum atomic E-state index is -3.84. The summed E-state index contributed by atoms with van der Waals surface area (Å²) in [5.41, 5.74) is 5.71. The zero-order valence-corrected chi connectivity index (χ0v) is 12.8. The zero-order valence-electron chi connectivity index (χ0n) is 12.0. The Bertz CT molecular complexity index is 547. The van der Waals surface area contributed by atoms with Gasteiger partial charge in [-0.05, 0) is 23.8 Å². The van der Waals surface area contributed by atoms with E-state index in [1.165, 1.54) is 18.2 Å². The molecule has 1 aromatic rings. The molecule has 0 radical (unpaired) electrons. The number of nitrogens with two attached hydrogens (primary N) is 2. The summed E-state index contributed by atoms with van der Waals surface area (Å²) in [7, 11) is -3.84. The molecule has 0 amide bonds. The van der Waals surface area contributed by atoms with Crippen LogP contribution in [0.1, 0.15) is 18.4 Å². The van der Waals surface area contributed by atoms with Crippen LogP contribution in [0.2, 0.25) is 0 Å². The summed E-state index contributed by atoms with van der Waals surface area (Å²) in [4.78, 5) is -0.00391. The topological polar surface area (TPSA) is 125 Å². The minimum Gasteiger partial charge on any atom is -0.508 e. The van der Waals surface area contributed by atoms with Crippen LogP contribution in [0.25, 0.3) is 0 Å². The van der Waals surface area contributed by atoms with Gasteiger partial charge < -0.3 is 20.3 Å². The summed E-state index contributed by atoms with van der Waals surface area (Å²) >= 11 is 0. The SMILES string of the molecule is C[C@H](COCCOCCN)c1cc(O)ccc1S(N)(=O)=O. The Labute approximate surface area is 124 Å². The molecule has 5 N–H and O–H groups in total. The largest absolute Gasteiger partial charge is 0.508 e. The summed E-state index contributed by atoms with van der Waals surface area (Å²) in [6, 6.07) is 3.97. The number of hydrogen-bond acceptors (Lipinski definition) is 6. The van der Waals surface area contributed by atoms with Crippen molar-refractivity contribution in [2.45, 2.75) is 17.7 Å². The van der Waals surface area contributed by atoms with Gasteiger partial charge in [-0.3, -0.25) is 0 Å². The van der Waals surface area contributed by atoms with Crippen LogP contribution in [0.5, 0.6) is 5.75 Å². The zero-order chi connectivity index (χ0) is 15.9. The average Bonchev–Trinajstić information content (AvgIpc) is 2.41. The molecule has 1 atom stereocenters. The van der Waals surface area contributed by atoms with E-state index in [1.54, 1.807) is 6.92 Å². The lowest BCUT2D eigenvalue weighted by Crippen LogP contribution is -2.18. The van der Waals surface area contributed by atoms with Gasteiger partial charge in [0.25, 0.3) is 0 Å². The number of primary sulfonamides is 1. The molecule has 0 saturated carbocycles. The second-order valence-corrected chi connectivity index (χ2v) is 6.17. The lowest BCUT2D eigenvalue weighted by Gasteiger charge is -2.16. The normalized spacial score (nSPS) is 13.3. The molecule has 120 valence electrons. The number of phenolic OH excluding ortho intramolecular Hbond substituents is 1. The van der Waals surface area contributed by atoms with E-state index < -0.39 is 10.0 Å². The number of aromatic hydroxyl groups is 1. The first kappa shape index (κ1) is 17.9. The number of hydrogen-bond donors (Lipinski definition) is 3. The molecule has 0 saturated heterocycles. The average molecular weight is 318 g/mol. The number of phenols is 1. The standard InChI is InChI=1S/C13H22N2O5S/c1-10(9-20-7-6-19-5-4-14)12-8-11(16)2-3-13(12)21(15,17)18/h2-3,8,10,16H,4-7,9,14H2,1H3,(H2,15,17,18)/t10-/m1/s1. The first-order valence-corrected chi connectivity index (χ1v) is 8.12. The van der Waals surface area contributed by atoms with Crippen molar-refractivity contribution in [1.29, 1.82) is 0 Å². The third-order valence-corrected chi connectivity index (χ3v) is 3.82. The molecule has 8 heteroatoms. The first-order chi connectivity index (χ1) is 9.86. The molecule has 0 bridgehead atoms. The lowest BCUT2D eigenvalue weighted by molar-refractivity contribution is 0.0461. The maximum atomic E-state index is 11.5. The number of rotatable bonds is 9. The molecule has 0 spiro atoms. The van der Waals surface area contributed by atoms with Crippen molar-refractivity contribution in [3.05, 3.63) is 23.8 Å². The number of benzene rings is 1. The predicted molar refractivity (Wildman–Crippen MR) is 78.6 cm³/mol. The van der Waals surface area contributed by atoms with Crippen molar-refractivity contribution < 1.29 is 23.0 Å². The maximum absolute atomic E-state index is 11.5. The fourth-order valence-electron chi connectivity index (χ4n) is 1.83. The highest BCUT2D eigenvalue weighted by atomic mass is 32.2. The molecule has 0 fully saturated rings. The van der Waals surface area contributed by atoms with Gasteiger partial charge >= 0.3 is 0 Å². The molecule has 0 heterocycles. The van der Waals surface area contributed by atoms with Gasteiger partial charge in [0.2, 0.25) is 10.0 Å². The highest BCUT2D eigenvalue weighted by Crippen LogP contribution is 2.27. The van der Waals surface area contributed by atoms with Crippen molar-refractivity contribution >= 4 is 10.0 Å². The van der Waals surface area contributed by atoms with Crippen LogP contribution in [-0.4, -0.2) is 46.5 Å². The van der Waals surface area contributed by atoms with Gasteiger partial charge in [-0.1, -0.05) is 6.92 Å². The summed E-state index contributed by atoms with van der Waals surface area (Å²) < 4.78 is 33.7. The van der Waals surface area contributed by atoms with Gasteiger partial charge in [0, 0.05) is 12.5 Å². The van der Waals surface area contributed by atoms with Gasteiger partial charge in [-0.15, -0.1) is 0 Å². The summed E-state index contributed by atoms with van der Waals surface area (Å²) in [5.74, 6) is -0.254. The summed E-state index contributed by atoms with van der Waals surface area (Å²) in [6.07, 6.45) is 0. The molecule has 1 rings (SSSR count). The first-order valence-electron chi connectivity index (χ1n) is 6.57. The van der Waals surface area contributed by atoms with Crippen molar-refractivity contribution in [2.75, 3.05) is 33.0 Å². The van der Waals surface area contributed by atoms with E-state index in [-0.39, 0.29) is 23.2 Å². The Morgan fingerprint density at radius 3 is 2.52 bits per heavy atom. The Kier molecular flexibility index (Phi) is 7.06. The molecular formula is C13H22N2O5S. The van der Waals surface area contributed by atoms with E-state index in [2.05, 4.69) is 0 Å². The molecule has 0 aliphatic heterocycles. The van der Waals surface area contributed by atoms with Crippen molar-refractivity contribution in [2.24, 2.45) is 10.9 Å². The van der Waals surface area contributed by atoms with E-state index in [1.807, 2.05) is 0 Å². The summed E-state index contributed by atoms with van der Waals surface area (Å²) in [6.45, 7) is 3.82. The van der Waals surface area contributed by atoms with E-state index in [0.717, 1.165) is 0 Å². The molecule has 0 aromatic heterocycles. The predicted octanol–water partition coefficient (Wildman–Crippen LogP) is 0.135. The highest BCUT2D eigenvalue weighted by Gasteiger charge is 2.19. The van der Waals surface area contributed by atoms with Crippen LogP contribution >= 0.6 is 0 Å². The van der Waals surface area contributed by atoms with Gasteiger partial charge in [-0.2, -0.15) is 0 Å². The minimum absolute atomic E-state index is 0.00391. The Hall–Kier alpha value is -1.19. The number of sulfonamides is 1. The highest BCUT2D eigenvalue weighted by molar-refractivity contribution is 7.89. The van der Waals surface area contributed by atoms with Gasteiger partial charge in [-0.25, -0.2) is 13.6 Å². The van der Waals surface area contributed by atoms with Crippen LogP contribution in [0.15, 0.2) is 23.1 Å². The van der Waals surface area contributed by atoms with E-state index in [0.29, 0.717) is 31.9 Å². The van der Waals surface area contributed by atoms with Crippen LogP contribution < -0.4 is 10.9 Å². The molecule has 0 unspecified atom stereocenters. The van der Waals surface area contributed by atoms with Gasteiger partial charge in [0.05, 0.1) is 31.3 Å². The van der Waals surface area contributed by atoms with E-state index >= 15 is 0 Å². The second kappa shape index (κ2) is 8.30. The molecule has 21 heavy (non-hydrogen) atoms. The van der Waals surface area contributed by atoms with Crippen LogP contribution in [0.3, 0.4) is 0 Å². The van der Waals surface area contributed by atoms with Crippen molar-refractivity contribution in [3.8, 4) is 5.75 Å². The van der Waals surface area contributed by atoms with Gasteiger partial charge in [0.1, 0.15) is 5.75 Å². The molecule has 1 aromatic carbocycles. The molecule has 0 aliphatic rings. The second-order valence-electron chi connectivity index (χ2n) is 4.64. The lowest BCUT2D eigenvalue weighted by atomic mass is 10.0. The third kappa shape index (κ3) is 5.98. The van der Waals surface area contributed by atoms with Gasteiger partial charge in [0.15, 0.2) is 0 Å². The smallest absolute Gasteiger partial charge is 0.238 e. The summed E-state index contributed by atoms with van der Waals surface area (Å²) in [5, 5.41) is 14.7. The monoisotopic (exact) mass is 318 g/mol. The molecule has 7 nitrogen and oxygen atoms in total. The fourth-order valence-corrected chi connectivity index (χ4v) is 2.68. The van der Waals surface area contributed by atoms with Crippen LogP contribution in [0, 0.1) is 0 Å². The molecular weight excluding hydrogens is 296 g/mol. The Morgan fingerprint density at radius 2 is 1.90 bits per heavy atom. The molecule has 0 aliphatic carbocycles. The van der Waals surface area contributed by atoms with E-state index in [9.17, 15) is 13.5 Å². The van der Waals surface area contributed by atoms with E-state index in [4.69, 9.17) is 20.3 Å². The quantitative estimate of drug-likeness (QED) is 0.556.